The predicted molar refractivity (Wildman–Crippen MR) is 143 cm³/mol. The molecular weight excluding hydrogens is 444 g/mol. The monoisotopic (exact) mass is 476 g/mol. The Hall–Kier alpha value is -3.16. The van der Waals surface area contributed by atoms with Crippen LogP contribution in [0.5, 0.6) is 5.75 Å². The van der Waals surface area contributed by atoms with Gasteiger partial charge in [0.15, 0.2) is 5.75 Å². The van der Waals surface area contributed by atoms with Crippen LogP contribution >= 0.6 is 11.3 Å². The number of hydrogen-bond donors (Lipinski definition) is 0. The van der Waals surface area contributed by atoms with E-state index in [2.05, 4.69) is 41.3 Å². The van der Waals surface area contributed by atoms with Gasteiger partial charge in [0.05, 0.1) is 40.1 Å². The lowest BCUT2D eigenvalue weighted by atomic mass is 10.1. The molecule has 0 saturated heterocycles. The molecule has 0 N–H and O–H groups in total. The molecule has 0 bridgehead atoms. The smallest absolute Gasteiger partial charge is 0.263 e. The van der Waals surface area contributed by atoms with E-state index in [0.717, 1.165) is 58.0 Å². The van der Waals surface area contributed by atoms with Gasteiger partial charge in [-0.2, -0.15) is 0 Å². The third-order valence-electron chi connectivity index (χ3n) is 6.38. The zero-order valence-electron chi connectivity index (χ0n) is 20.4. The van der Waals surface area contributed by atoms with Crippen molar-refractivity contribution in [2.75, 3.05) is 40.3 Å². The van der Waals surface area contributed by atoms with Crippen molar-refractivity contribution in [3.05, 3.63) is 76.2 Å². The van der Waals surface area contributed by atoms with Gasteiger partial charge in [0.25, 0.3) is 5.56 Å². The molecule has 0 atom stereocenters. The fourth-order valence-corrected chi connectivity index (χ4v) is 5.60. The quantitative estimate of drug-likeness (QED) is 0.325. The molecule has 178 valence electrons. The first kappa shape index (κ1) is 24.0. The lowest BCUT2D eigenvalue weighted by Gasteiger charge is -2.25. The molecule has 1 aromatic carbocycles. The highest BCUT2D eigenvalue weighted by atomic mass is 32.1. The maximum absolute atomic E-state index is 13.8. The van der Waals surface area contributed by atoms with Crippen LogP contribution < -0.4 is 10.3 Å². The van der Waals surface area contributed by atoms with Gasteiger partial charge in [0.1, 0.15) is 5.39 Å². The summed E-state index contributed by atoms with van der Waals surface area (Å²) in [6, 6.07) is 13.8. The van der Waals surface area contributed by atoms with Crippen molar-refractivity contribution in [2.45, 2.75) is 20.4 Å². The van der Waals surface area contributed by atoms with E-state index < -0.39 is 0 Å². The molecule has 0 spiro atoms. The molecule has 0 fully saturated rings. The van der Waals surface area contributed by atoms with Gasteiger partial charge in [-0.05, 0) is 31.3 Å². The number of benzene rings is 1. The fraction of sp³-hybridized carbons (Fsp3) is 0.333. The van der Waals surface area contributed by atoms with E-state index in [9.17, 15) is 4.79 Å². The SMILES string of the molecule is C=C(c1sc2c(c1OC)c(=O)n(Cc1ccccn1)c1ccccc21)N(C)CCN(CC)CC. The van der Waals surface area contributed by atoms with Crippen molar-refractivity contribution < 1.29 is 4.74 Å². The van der Waals surface area contributed by atoms with Gasteiger partial charge in [-0.25, -0.2) is 0 Å². The van der Waals surface area contributed by atoms with Crippen LogP contribution in [0.3, 0.4) is 0 Å². The number of aromatic nitrogens is 2. The Kier molecular flexibility index (Phi) is 7.34. The summed E-state index contributed by atoms with van der Waals surface area (Å²) >= 11 is 1.58. The first-order valence-corrected chi connectivity index (χ1v) is 12.5. The van der Waals surface area contributed by atoms with Crippen LogP contribution in [0.4, 0.5) is 0 Å². The number of likely N-dealkylation sites (N-methyl/N-ethyl adjacent to an activating group) is 2. The number of hydrogen-bond acceptors (Lipinski definition) is 6. The molecule has 3 aromatic heterocycles. The third-order valence-corrected chi connectivity index (χ3v) is 7.64. The number of pyridine rings is 2. The maximum atomic E-state index is 13.8. The van der Waals surface area contributed by atoms with Gasteiger partial charge in [-0.1, -0.05) is 44.7 Å². The Labute approximate surface area is 204 Å². The van der Waals surface area contributed by atoms with E-state index in [1.54, 1.807) is 29.2 Å². The molecule has 3 heterocycles. The molecule has 4 rings (SSSR count). The number of ether oxygens (including phenoxy) is 1. The van der Waals surface area contributed by atoms with Gasteiger partial charge in [-0.3, -0.25) is 9.78 Å². The van der Waals surface area contributed by atoms with Crippen LogP contribution in [-0.2, 0) is 6.54 Å². The molecular formula is C27H32N4O2S. The summed E-state index contributed by atoms with van der Waals surface area (Å²) in [4.78, 5) is 23.7. The van der Waals surface area contributed by atoms with E-state index in [1.165, 1.54) is 0 Å². The van der Waals surface area contributed by atoms with Gasteiger partial charge < -0.3 is 19.1 Å². The molecule has 0 radical (unpaired) electrons. The van der Waals surface area contributed by atoms with E-state index in [4.69, 9.17) is 4.74 Å². The normalized spacial score (nSPS) is 11.4. The number of nitrogens with zero attached hydrogens (tertiary/aromatic N) is 4. The number of rotatable bonds is 10. The lowest BCUT2D eigenvalue weighted by molar-refractivity contribution is 0.276. The molecule has 0 aliphatic heterocycles. The minimum absolute atomic E-state index is 0.0719. The van der Waals surface area contributed by atoms with E-state index in [0.29, 0.717) is 17.7 Å². The second-order valence-electron chi connectivity index (χ2n) is 8.29. The molecule has 0 amide bonds. The highest BCUT2D eigenvalue weighted by Crippen LogP contribution is 2.43. The van der Waals surface area contributed by atoms with Crippen LogP contribution in [0.15, 0.2) is 60.0 Å². The summed E-state index contributed by atoms with van der Waals surface area (Å²) in [5, 5.41) is 1.64. The minimum atomic E-state index is -0.0719. The zero-order valence-corrected chi connectivity index (χ0v) is 21.2. The van der Waals surface area contributed by atoms with Crippen molar-refractivity contribution in [2.24, 2.45) is 0 Å². The molecule has 34 heavy (non-hydrogen) atoms. The van der Waals surface area contributed by atoms with Gasteiger partial charge in [-0.15, -0.1) is 11.3 Å². The van der Waals surface area contributed by atoms with Crippen LogP contribution in [0.25, 0.3) is 26.7 Å². The highest BCUT2D eigenvalue weighted by Gasteiger charge is 2.24. The molecule has 7 heteroatoms. The molecule has 4 aromatic rings. The Balaban J connectivity index is 1.84. The molecule has 0 unspecified atom stereocenters. The topological polar surface area (TPSA) is 50.6 Å². The minimum Gasteiger partial charge on any atom is -0.494 e. The Morgan fingerprint density at radius 1 is 1.12 bits per heavy atom. The lowest BCUT2D eigenvalue weighted by Crippen LogP contribution is -2.32. The van der Waals surface area contributed by atoms with Gasteiger partial charge in [0, 0.05) is 31.7 Å². The van der Waals surface area contributed by atoms with Crippen molar-refractivity contribution in [3.8, 4) is 5.75 Å². The maximum Gasteiger partial charge on any atom is 0.263 e. The Bertz CT molecular complexity index is 1360. The molecule has 6 nitrogen and oxygen atoms in total. The van der Waals surface area contributed by atoms with Crippen molar-refractivity contribution in [1.29, 1.82) is 0 Å². The second kappa shape index (κ2) is 10.4. The number of fused-ring (bicyclic) bond motifs is 3. The van der Waals surface area contributed by atoms with Crippen molar-refractivity contribution >= 4 is 38.0 Å². The highest BCUT2D eigenvalue weighted by molar-refractivity contribution is 7.21. The number of thiophene rings is 1. The summed E-state index contributed by atoms with van der Waals surface area (Å²) in [5.41, 5.74) is 2.52. The average molecular weight is 477 g/mol. The molecule has 0 aliphatic rings. The molecule has 0 saturated carbocycles. The van der Waals surface area contributed by atoms with Crippen molar-refractivity contribution in [3.63, 3.8) is 0 Å². The van der Waals surface area contributed by atoms with E-state index >= 15 is 0 Å². The fourth-order valence-electron chi connectivity index (χ4n) is 4.28. The van der Waals surface area contributed by atoms with Crippen LogP contribution in [-0.4, -0.2) is 59.7 Å². The van der Waals surface area contributed by atoms with Crippen molar-refractivity contribution in [1.82, 2.24) is 19.4 Å². The summed E-state index contributed by atoms with van der Waals surface area (Å²) in [5.74, 6) is 0.602. The molecule has 0 aliphatic carbocycles. The van der Waals surface area contributed by atoms with Gasteiger partial charge >= 0.3 is 0 Å². The second-order valence-corrected chi connectivity index (χ2v) is 9.31. The predicted octanol–water partition coefficient (Wildman–Crippen LogP) is 4.91. The average Bonchev–Trinajstić information content (AvgIpc) is 3.27. The summed E-state index contributed by atoms with van der Waals surface area (Å²) < 4.78 is 8.59. The standard InChI is InChI=1S/C27H32N4O2S/c1-6-30(7-2)17-16-29(4)19(3)25-24(33-5)23-26(34-25)21-13-8-9-14-22(21)31(27(23)32)18-20-12-10-11-15-28-20/h8-15H,3,6-7,16-18H2,1-2,4-5H3. The number of methoxy groups -OCH3 is 1. The third kappa shape index (κ3) is 4.45. The van der Waals surface area contributed by atoms with Crippen LogP contribution in [0.2, 0.25) is 0 Å². The summed E-state index contributed by atoms with van der Waals surface area (Å²) in [6.07, 6.45) is 1.75. The largest absolute Gasteiger partial charge is 0.494 e. The Morgan fingerprint density at radius 2 is 1.85 bits per heavy atom. The first-order chi connectivity index (χ1) is 16.5. The first-order valence-electron chi connectivity index (χ1n) is 11.6. The van der Waals surface area contributed by atoms with Crippen LogP contribution in [0.1, 0.15) is 24.4 Å². The van der Waals surface area contributed by atoms with Crippen LogP contribution in [0, 0.1) is 0 Å². The zero-order chi connectivity index (χ0) is 24.2. The van der Waals surface area contributed by atoms with E-state index in [-0.39, 0.29) is 5.56 Å². The van der Waals surface area contributed by atoms with E-state index in [1.807, 2.05) is 43.4 Å². The Morgan fingerprint density at radius 3 is 2.53 bits per heavy atom. The number of para-hydroxylation sites is 1. The van der Waals surface area contributed by atoms with Gasteiger partial charge in [0.2, 0.25) is 0 Å². The summed E-state index contributed by atoms with van der Waals surface area (Å²) in [6.45, 7) is 13.0. The summed E-state index contributed by atoms with van der Waals surface area (Å²) in [7, 11) is 3.68.